The van der Waals surface area contributed by atoms with E-state index in [9.17, 15) is 4.79 Å². The highest BCUT2D eigenvalue weighted by Crippen LogP contribution is 2.15. The van der Waals surface area contributed by atoms with Crippen LogP contribution in [0.15, 0.2) is 30.7 Å². The molecule has 0 saturated carbocycles. The predicted molar refractivity (Wildman–Crippen MR) is 99.8 cm³/mol. The Morgan fingerprint density at radius 1 is 1.07 bits per heavy atom. The van der Waals surface area contributed by atoms with Crippen molar-refractivity contribution >= 4 is 17.8 Å². The zero-order valence-electron chi connectivity index (χ0n) is 15.1. The molecular weight excluding hydrogens is 346 g/mol. The minimum Gasteiger partial charge on any atom is -0.376 e. The smallest absolute Gasteiger partial charge is 0.270 e. The van der Waals surface area contributed by atoms with E-state index in [1.165, 1.54) is 0 Å². The van der Waals surface area contributed by atoms with Gasteiger partial charge in [0.05, 0.1) is 6.10 Å². The maximum Gasteiger partial charge on any atom is 0.270 e. The van der Waals surface area contributed by atoms with Crippen molar-refractivity contribution in [2.24, 2.45) is 0 Å². The van der Waals surface area contributed by atoms with Crippen LogP contribution in [0.25, 0.3) is 0 Å². The molecular formula is C18H23N7O2. The largest absolute Gasteiger partial charge is 0.376 e. The Hall–Kier alpha value is -2.81. The summed E-state index contributed by atoms with van der Waals surface area (Å²) in [6, 6.07) is 3.45. The molecule has 0 aromatic carbocycles. The standard InChI is InChI=1S/C18H23N7O2/c26-16(22-13-14-3-1-12-27-14)15-4-7-21-18(23-15)25-10-8-24(9-11-25)17-19-5-2-6-20-17/h2,4-7,14H,1,3,8-13H2,(H,22,26). The summed E-state index contributed by atoms with van der Waals surface area (Å²) < 4.78 is 5.53. The van der Waals surface area contributed by atoms with Crippen LogP contribution in [-0.2, 0) is 4.74 Å². The molecule has 2 fully saturated rings. The molecule has 2 aliphatic rings. The topological polar surface area (TPSA) is 96.4 Å². The Labute approximate surface area is 157 Å². The van der Waals surface area contributed by atoms with Gasteiger partial charge in [-0.15, -0.1) is 0 Å². The molecule has 0 spiro atoms. The summed E-state index contributed by atoms with van der Waals surface area (Å²) in [5.41, 5.74) is 0.381. The number of piperazine rings is 1. The Balaban J connectivity index is 1.34. The summed E-state index contributed by atoms with van der Waals surface area (Å²) in [6.07, 6.45) is 7.29. The lowest BCUT2D eigenvalue weighted by Crippen LogP contribution is -2.47. The molecule has 2 saturated heterocycles. The molecule has 2 aliphatic heterocycles. The summed E-state index contributed by atoms with van der Waals surface area (Å²) in [5.74, 6) is 1.12. The highest BCUT2D eigenvalue weighted by atomic mass is 16.5. The van der Waals surface area contributed by atoms with Crippen LogP contribution in [0.1, 0.15) is 23.3 Å². The van der Waals surface area contributed by atoms with Crippen LogP contribution in [0.2, 0.25) is 0 Å². The van der Waals surface area contributed by atoms with Crippen molar-refractivity contribution in [1.29, 1.82) is 0 Å². The van der Waals surface area contributed by atoms with Crippen molar-refractivity contribution in [3.8, 4) is 0 Å². The number of ether oxygens (including phenoxy) is 1. The van der Waals surface area contributed by atoms with E-state index in [2.05, 4.69) is 35.1 Å². The lowest BCUT2D eigenvalue weighted by atomic mass is 10.2. The second-order valence-electron chi connectivity index (χ2n) is 6.61. The maximum atomic E-state index is 12.4. The molecule has 0 radical (unpaired) electrons. The third-order valence-electron chi connectivity index (χ3n) is 4.79. The van der Waals surface area contributed by atoms with Gasteiger partial charge in [0.15, 0.2) is 0 Å². The molecule has 9 nitrogen and oxygen atoms in total. The quantitative estimate of drug-likeness (QED) is 0.814. The van der Waals surface area contributed by atoms with E-state index in [4.69, 9.17) is 4.74 Å². The SMILES string of the molecule is O=C(NCC1CCCO1)c1ccnc(N2CCN(c3ncccn3)CC2)n1. The van der Waals surface area contributed by atoms with Gasteiger partial charge in [-0.1, -0.05) is 0 Å². The highest BCUT2D eigenvalue weighted by Gasteiger charge is 2.22. The average Bonchev–Trinajstić information content (AvgIpc) is 3.27. The number of amides is 1. The van der Waals surface area contributed by atoms with Crippen molar-refractivity contribution < 1.29 is 9.53 Å². The lowest BCUT2D eigenvalue weighted by molar-refractivity contribution is 0.0853. The molecule has 1 unspecified atom stereocenters. The summed E-state index contributed by atoms with van der Waals surface area (Å²) in [7, 11) is 0. The fourth-order valence-corrected chi connectivity index (χ4v) is 3.29. The van der Waals surface area contributed by atoms with Gasteiger partial charge in [-0.3, -0.25) is 4.79 Å². The van der Waals surface area contributed by atoms with Crippen molar-refractivity contribution in [2.45, 2.75) is 18.9 Å². The number of rotatable bonds is 5. The number of nitrogens with zero attached hydrogens (tertiary/aromatic N) is 6. The summed E-state index contributed by atoms with van der Waals surface area (Å²) in [4.78, 5) is 34.0. The molecule has 2 aromatic heterocycles. The first-order chi connectivity index (χ1) is 13.3. The van der Waals surface area contributed by atoms with Gasteiger partial charge in [-0.25, -0.2) is 19.9 Å². The Morgan fingerprint density at radius 3 is 2.48 bits per heavy atom. The number of carbonyl (C=O) groups is 1. The zero-order chi connectivity index (χ0) is 18.5. The molecule has 4 rings (SSSR count). The highest BCUT2D eigenvalue weighted by molar-refractivity contribution is 5.92. The minimum atomic E-state index is -0.189. The van der Waals surface area contributed by atoms with E-state index in [0.717, 1.165) is 51.6 Å². The third-order valence-corrected chi connectivity index (χ3v) is 4.79. The fourth-order valence-electron chi connectivity index (χ4n) is 3.29. The minimum absolute atomic E-state index is 0.114. The first-order valence-electron chi connectivity index (χ1n) is 9.29. The van der Waals surface area contributed by atoms with Crippen molar-refractivity contribution in [3.05, 3.63) is 36.4 Å². The number of nitrogens with one attached hydrogen (secondary N) is 1. The monoisotopic (exact) mass is 369 g/mol. The summed E-state index contributed by atoms with van der Waals surface area (Å²) in [6.45, 7) is 4.36. The van der Waals surface area contributed by atoms with Gasteiger partial charge in [-0.05, 0) is 25.0 Å². The molecule has 2 aromatic rings. The van der Waals surface area contributed by atoms with Gasteiger partial charge in [-0.2, -0.15) is 0 Å². The average molecular weight is 369 g/mol. The first kappa shape index (κ1) is 17.6. The van der Waals surface area contributed by atoms with Crippen LogP contribution < -0.4 is 15.1 Å². The molecule has 4 heterocycles. The van der Waals surface area contributed by atoms with Crippen molar-refractivity contribution in [3.63, 3.8) is 0 Å². The third kappa shape index (κ3) is 4.30. The van der Waals surface area contributed by atoms with Gasteiger partial charge in [0.1, 0.15) is 5.69 Å². The van der Waals surface area contributed by atoms with Crippen molar-refractivity contribution in [1.82, 2.24) is 25.3 Å². The summed E-state index contributed by atoms with van der Waals surface area (Å²) in [5, 5.41) is 2.90. The molecule has 0 aliphatic carbocycles. The van der Waals surface area contributed by atoms with E-state index in [1.54, 1.807) is 24.7 Å². The van der Waals surface area contributed by atoms with Crippen molar-refractivity contribution in [2.75, 3.05) is 49.1 Å². The normalized spacial score (nSPS) is 19.9. The molecule has 9 heteroatoms. The molecule has 27 heavy (non-hydrogen) atoms. The molecule has 0 bridgehead atoms. The van der Waals surface area contributed by atoms with Crippen LogP contribution in [-0.4, -0.2) is 71.3 Å². The number of anilines is 2. The first-order valence-corrected chi connectivity index (χ1v) is 9.29. The van der Waals surface area contributed by atoms with Gasteiger partial charge >= 0.3 is 0 Å². The Bertz CT molecular complexity index is 759. The molecule has 1 atom stereocenters. The van der Waals surface area contributed by atoms with Crippen LogP contribution in [0.3, 0.4) is 0 Å². The molecule has 142 valence electrons. The van der Waals surface area contributed by atoms with Crippen LogP contribution >= 0.6 is 0 Å². The van der Waals surface area contributed by atoms with Gasteiger partial charge in [0, 0.05) is 57.9 Å². The predicted octanol–water partition coefficient (Wildman–Crippen LogP) is 0.502. The molecule has 1 amide bonds. The fraction of sp³-hybridized carbons (Fsp3) is 0.500. The van der Waals surface area contributed by atoms with E-state index < -0.39 is 0 Å². The number of hydrogen-bond acceptors (Lipinski definition) is 8. The second kappa shape index (κ2) is 8.26. The number of carbonyl (C=O) groups excluding carboxylic acids is 1. The maximum absolute atomic E-state index is 12.4. The molecule has 1 N–H and O–H groups in total. The van der Waals surface area contributed by atoms with E-state index in [0.29, 0.717) is 18.2 Å². The van der Waals surface area contributed by atoms with Gasteiger partial charge in [0.25, 0.3) is 5.91 Å². The zero-order valence-corrected chi connectivity index (χ0v) is 15.1. The Morgan fingerprint density at radius 2 is 1.78 bits per heavy atom. The second-order valence-corrected chi connectivity index (χ2v) is 6.61. The Kier molecular flexibility index (Phi) is 5.38. The number of aromatic nitrogens is 4. The van der Waals surface area contributed by atoms with Crippen LogP contribution in [0, 0.1) is 0 Å². The van der Waals surface area contributed by atoms with Gasteiger partial charge < -0.3 is 19.9 Å². The van der Waals surface area contributed by atoms with E-state index >= 15 is 0 Å². The van der Waals surface area contributed by atoms with Crippen LogP contribution in [0.4, 0.5) is 11.9 Å². The van der Waals surface area contributed by atoms with E-state index in [1.807, 2.05) is 6.07 Å². The van der Waals surface area contributed by atoms with Crippen LogP contribution in [0.5, 0.6) is 0 Å². The number of hydrogen-bond donors (Lipinski definition) is 1. The summed E-state index contributed by atoms with van der Waals surface area (Å²) >= 11 is 0. The van der Waals surface area contributed by atoms with Gasteiger partial charge in [0.2, 0.25) is 11.9 Å². The van der Waals surface area contributed by atoms with E-state index in [-0.39, 0.29) is 12.0 Å². The lowest BCUT2D eigenvalue weighted by Gasteiger charge is -2.34.